The number of benzene rings is 1. The first-order valence-electron chi connectivity index (χ1n) is 7.95. The fraction of sp³-hybridized carbons (Fsp3) is 0.278. The maximum Gasteiger partial charge on any atom is 0.348 e. The van der Waals surface area contributed by atoms with Crippen LogP contribution in [0.15, 0.2) is 18.2 Å². The number of anilines is 1. The highest BCUT2D eigenvalue weighted by Crippen LogP contribution is 2.40. The number of ether oxygens (including phenoxy) is 3. The number of aromatic nitrogens is 2. The van der Waals surface area contributed by atoms with Gasteiger partial charge in [0.2, 0.25) is 5.95 Å². The number of nitrogens with two attached hydrogens (primary N) is 1. The van der Waals surface area contributed by atoms with Crippen molar-refractivity contribution < 1.29 is 19.0 Å². The number of carbonyl (C=O) groups excluding carboxylic acids is 1. The van der Waals surface area contributed by atoms with Crippen LogP contribution in [0, 0.1) is 6.92 Å². The van der Waals surface area contributed by atoms with Gasteiger partial charge >= 0.3 is 5.97 Å². The number of rotatable bonds is 5. The van der Waals surface area contributed by atoms with E-state index in [2.05, 4.69) is 9.97 Å². The van der Waals surface area contributed by atoms with Crippen LogP contribution in [0.5, 0.6) is 11.5 Å². The molecule has 3 rings (SSSR count). The molecule has 1 aromatic carbocycles. The van der Waals surface area contributed by atoms with E-state index < -0.39 is 5.97 Å². The number of aryl methyl sites for hydroxylation is 1. The van der Waals surface area contributed by atoms with Crippen molar-refractivity contribution in [1.29, 1.82) is 0 Å². The van der Waals surface area contributed by atoms with Crippen LogP contribution in [0.3, 0.4) is 0 Å². The molecular weight excluding hydrogens is 354 g/mol. The molecular formula is C18H19N3O4S. The zero-order valence-electron chi connectivity index (χ0n) is 15.0. The lowest BCUT2D eigenvalue weighted by Crippen LogP contribution is -2.01. The van der Waals surface area contributed by atoms with Gasteiger partial charge in [-0.15, -0.1) is 11.3 Å². The van der Waals surface area contributed by atoms with Gasteiger partial charge in [0.05, 0.1) is 26.5 Å². The average molecular weight is 373 g/mol. The normalized spacial score (nSPS) is 10.8. The molecule has 8 heteroatoms. The Bertz CT molecular complexity index is 984. The molecule has 3 aromatic rings. The molecule has 0 saturated heterocycles. The summed E-state index contributed by atoms with van der Waals surface area (Å²) in [5, 5.41) is 0.721. The van der Waals surface area contributed by atoms with Gasteiger partial charge in [0.15, 0.2) is 0 Å². The van der Waals surface area contributed by atoms with Crippen molar-refractivity contribution in [3.63, 3.8) is 0 Å². The molecule has 0 aliphatic carbocycles. The molecule has 7 nitrogen and oxygen atoms in total. The van der Waals surface area contributed by atoms with Gasteiger partial charge in [0, 0.05) is 17.0 Å². The standard InChI is InChI=1S/C18H19N3O4S/c1-5-25-17(22)13-8-11-15(20-18(19)21-16(11)26-13)14-9(2)6-10(23-3)7-12(14)24-4/h6-8H,5H2,1-4H3,(H2,19,20,21). The summed E-state index contributed by atoms with van der Waals surface area (Å²) in [4.78, 5) is 21.8. The molecule has 2 heterocycles. The smallest absolute Gasteiger partial charge is 0.348 e. The van der Waals surface area contributed by atoms with E-state index in [1.165, 1.54) is 11.3 Å². The molecule has 0 atom stereocenters. The van der Waals surface area contributed by atoms with Gasteiger partial charge in [-0.2, -0.15) is 0 Å². The van der Waals surface area contributed by atoms with E-state index in [9.17, 15) is 4.79 Å². The fourth-order valence-electron chi connectivity index (χ4n) is 2.74. The SMILES string of the molecule is CCOC(=O)c1cc2c(-c3c(C)cc(OC)cc3OC)nc(N)nc2s1. The van der Waals surface area contributed by atoms with E-state index >= 15 is 0 Å². The second-order valence-corrected chi connectivity index (χ2v) is 6.53. The monoisotopic (exact) mass is 373 g/mol. The molecule has 136 valence electrons. The topological polar surface area (TPSA) is 96.6 Å². The van der Waals surface area contributed by atoms with Gasteiger partial charge in [-0.05, 0) is 31.5 Å². The first-order chi connectivity index (χ1) is 12.5. The van der Waals surface area contributed by atoms with E-state index in [1.807, 2.05) is 13.0 Å². The second kappa shape index (κ2) is 7.17. The maximum atomic E-state index is 12.1. The van der Waals surface area contributed by atoms with Crippen molar-refractivity contribution in [2.45, 2.75) is 13.8 Å². The number of esters is 1. The highest BCUT2D eigenvalue weighted by Gasteiger charge is 2.21. The van der Waals surface area contributed by atoms with Gasteiger partial charge in [-0.25, -0.2) is 14.8 Å². The van der Waals surface area contributed by atoms with Crippen LogP contribution < -0.4 is 15.2 Å². The van der Waals surface area contributed by atoms with Crippen molar-refractivity contribution in [2.24, 2.45) is 0 Å². The van der Waals surface area contributed by atoms with Crippen molar-refractivity contribution in [3.8, 4) is 22.8 Å². The summed E-state index contributed by atoms with van der Waals surface area (Å²) in [7, 11) is 3.18. The van der Waals surface area contributed by atoms with Gasteiger partial charge in [0.1, 0.15) is 21.2 Å². The first kappa shape index (κ1) is 17.9. The highest BCUT2D eigenvalue weighted by molar-refractivity contribution is 7.20. The third-order valence-electron chi connectivity index (χ3n) is 3.85. The minimum Gasteiger partial charge on any atom is -0.497 e. The molecule has 0 unspecified atom stereocenters. The van der Waals surface area contributed by atoms with Crippen molar-refractivity contribution in [2.75, 3.05) is 26.6 Å². The molecule has 0 aliphatic rings. The van der Waals surface area contributed by atoms with E-state index in [-0.39, 0.29) is 5.95 Å². The number of thiophene rings is 1. The lowest BCUT2D eigenvalue weighted by atomic mass is 10.0. The number of fused-ring (bicyclic) bond motifs is 1. The first-order valence-corrected chi connectivity index (χ1v) is 8.77. The van der Waals surface area contributed by atoms with Gasteiger partial charge in [-0.3, -0.25) is 0 Å². The van der Waals surface area contributed by atoms with Gasteiger partial charge < -0.3 is 19.9 Å². The molecule has 0 saturated carbocycles. The summed E-state index contributed by atoms with van der Waals surface area (Å²) >= 11 is 1.22. The summed E-state index contributed by atoms with van der Waals surface area (Å²) in [5.41, 5.74) is 8.20. The number of nitrogen functional groups attached to an aromatic ring is 1. The van der Waals surface area contributed by atoms with E-state index in [4.69, 9.17) is 19.9 Å². The predicted molar refractivity (Wildman–Crippen MR) is 101 cm³/mol. The van der Waals surface area contributed by atoms with Crippen molar-refractivity contribution in [3.05, 3.63) is 28.6 Å². The average Bonchev–Trinajstić information content (AvgIpc) is 3.04. The Morgan fingerprint density at radius 1 is 1.19 bits per heavy atom. The quantitative estimate of drug-likeness (QED) is 0.684. The van der Waals surface area contributed by atoms with Crippen LogP contribution in [0.2, 0.25) is 0 Å². The molecule has 0 fully saturated rings. The molecule has 0 radical (unpaired) electrons. The summed E-state index contributed by atoms with van der Waals surface area (Å²) in [5.74, 6) is 1.02. The molecule has 2 aromatic heterocycles. The van der Waals surface area contributed by atoms with E-state index in [0.717, 1.165) is 16.5 Å². The number of methoxy groups -OCH3 is 2. The summed E-state index contributed by atoms with van der Waals surface area (Å²) in [6.45, 7) is 4.00. The maximum absolute atomic E-state index is 12.1. The highest BCUT2D eigenvalue weighted by atomic mass is 32.1. The van der Waals surface area contributed by atoms with Crippen LogP contribution in [0.4, 0.5) is 5.95 Å². The Kier molecular flexibility index (Phi) is 4.94. The van der Waals surface area contributed by atoms with Crippen LogP contribution in [0.1, 0.15) is 22.2 Å². The zero-order chi connectivity index (χ0) is 18.8. The van der Waals surface area contributed by atoms with Crippen molar-refractivity contribution >= 4 is 33.5 Å². The zero-order valence-corrected chi connectivity index (χ0v) is 15.8. The molecule has 0 bridgehead atoms. The number of nitrogens with zero attached hydrogens (tertiary/aromatic N) is 2. The minimum absolute atomic E-state index is 0.127. The van der Waals surface area contributed by atoms with Gasteiger partial charge in [-0.1, -0.05) is 0 Å². The lowest BCUT2D eigenvalue weighted by Gasteiger charge is -2.14. The Morgan fingerprint density at radius 3 is 2.62 bits per heavy atom. The number of hydrogen-bond donors (Lipinski definition) is 1. The number of carbonyl (C=O) groups is 1. The Labute approximate surface area is 154 Å². The van der Waals surface area contributed by atoms with Crippen LogP contribution in [0.25, 0.3) is 21.5 Å². The molecule has 26 heavy (non-hydrogen) atoms. The Morgan fingerprint density at radius 2 is 1.96 bits per heavy atom. The fourth-order valence-corrected chi connectivity index (χ4v) is 3.67. The van der Waals surface area contributed by atoms with Gasteiger partial charge in [0.25, 0.3) is 0 Å². The summed E-state index contributed by atoms with van der Waals surface area (Å²) in [6, 6.07) is 5.40. The largest absolute Gasteiger partial charge is 0.497 e. The molecule has 0 spiro atoms. The Hall–Kier alpha value is -2.87. The van der Waals surface area contributed by atoms with Crippen LogP contribution in [-0.2, 0) is 4.74 Å². The van der Waals surface area contributed by atoms with E-state index in [1.54, 1.807) is 33.3 Å². The third-order valence-corrected chi connectivity index (χ3v) is 4.86. The summed E-state index contributed by atoms with van der Waals surface area (Å²) in [6.07, 6.45) is 0. The predicted octanol–water partition coefficient (Wildman–Crippen LogP) is 3.44. The second-order valence-electron chi connectivity index (χ2n) is 5.50. The lowest BCUT2D eigenvalue weighted by molar-refractivity contribution is 0.0532. The molecule has 0 aliphatic heterocycles. The van der Waals surface area contributed by atoms with E-state index in [0.29, 0.717) is 33.5 Å². The van der Waals surface area contributed by atoms with Crippen LogP contribution in [-0.4, -0.2) is 36.8 Å². The Balaban J connectivity index is 2.27. The van der Waals surface area contributed by atoms with Crippen molar-refractivity contribution in [1.82, 2.24) is 9.97 Å². The minimum atomic E-state index is -0.390. The molecule has 0 amide bonds. The number of hydrogen-bond acceptors (Lipinski definition) is 8. The van der Waals surface area contributed by atoms with Crippen LogP contribution >= 0.6 is 11.3 Å². The summed E-state index contributed by atoms with van der Waals surface area (Å²) < 4.78 is 15.9. The molecule has 2 N–H and O–H groups in total. The third kappa shape index (κ3) is 3.15.